The van der Waals surface area contributed by atoms with Gasteiger partial charge in [0.25, 0.3) is 0 Å². The number of benzene rings is 1. The molecule has 4 heteroatoms. The highest BCUT2D eigenvalue weighted by Gasteiger charge is 1.99. The van der Waals surface area contributed by atoms with Crippen LogP contribution < -0.4 is 11.1 Å². The second-order valence-corrected chi connectivity index (χ2v) is 4.90. The Bertz CT molecular complexity index is 315. The number of aliphatic hydroxyl groups is 1. The molecule has 0 bridgehead atoms. The molecule has 0 aliphatic carbocycles. The van der Waals surface area contributed by atoms with Gasteiger partial charge in [0, 0.05) is 23.7 Å². The largest absolute Gasteiger partial charge is 0.399 e. The highest BCUT2D eigenvalue weighted by atomic mass is 32.2. The molecular weight excluding hydrogens is 208 g/mol. The predicted molar refractivity (Wildman–Crippen MR) is 68.2 cm³/mol. The number of nitrogens with one attached hydrogen (secondary N) is 1. The van der Waals surface area contributed by atoms with Crippen LogP contribution in [0, 0.1) is 6.92 Å². The van der Waals surface area contributed by atoms with Crippen LogP contribution in [0.4, 0.5) is 11.4 Å². The molecule has 0 heterocycles. The summed E-state index contributed by atoms with van der Waals surface area (Å²) in [4.78, 5) is 0. The first-order valence-corrected chi connectivity index (χ1v) is 6.04. The number of nitrogen functional groups attached to an aromatic ring is 1. The van der Waals surface area contributed by atoms with Gasteiger partial charge in [0.1, 0.15) is 0 Å². The minimum Gasteiger partial charge on any atom is -0.399 e. The zero-order chi connectivity index (χ0) is 11.3. The van der Waals surface area contributed by atoms with Crippen LogP contribution >= 0.6 is 11.8 Å². The minimum atomic E-state index is -0.292. The molecule has 0 saturated heterocycles. The van der Waals surface area contributed by atoms with Crippen molar-refractivity contribution in [3.8, 4) is 0 Å². The van der Waals surface area contributed by atoms with Gasteiger partial charge >= 0.3 is 0 Å². The number of hydrogen-bond acceptors (Lipinski definition) is 4. The Morgan fingerprint density at radius 1 is 1.53 bits per heavy atom. The monoisotopic (exact) mass is 226 g/mol. The molecule has 15 heavy (non-hydrogen) atoms. The summed E-state index contributed by atoms with van der Waals surface area (Å²) in [6.07, 6.45) is 0. The van der Waals surface area contributed by atoms with Crippen molar-refractivity contribution in [2.75, 3.05) is 23.3 Å². The lowest BCUT2D eigenvalue weighted by Crippen LogP contribution is -2.07. The first-order valence-electron chi connectivity index (χ1n) is 4.99. The van der Waals surface area contributed by atoms with Gasteiger partial charge in [-0.05, 0) is 37.6 Å². The Balaban J connectivity index is 2.37. The molecule has 0 aliphatic heterocycles. The topological polar surface area (TPSA) is 58.3 Å². The maximum absolute atomic E-state index is 9.06. The molecule has 0 spiro atoms. The summed E-state index contributed by atoms with van der Waals surface area (Å²) in [6.45, 7) is 4.65. The van der Waals surface area contributed by atoms with Crippen molar-refractivity contribution in [1.82, 2.24) is 0 Å². The Morgan fingerprint density at radius 2 is 2.27 bits per heavy atom. The number of nitrogens with two attached hydrogens (primary N) is 1. The van der Waals surface area contributed by atoms with Crippen LogP contribution in [0.5, 0.6) is 0 Å². The lowest BCUT2D eigenvalue weighted by atomic mass is 10.2. The highest BCUT2D eigenvalue weighted by Crippen LogP contribution is 2.17. The predicted octanol–water partition coefficient (Wildman–Crippen LogP) is 2.06. The lowest BCUT2D eigenvalue weighted by Gasteiger charge is -2.10. The molecule has 0 radical (unpaired) electrons. The standard InChI is InChI=1S/C11H18N2OS/c1-8-7-10(12)3-4-11(8)13-5-6-15-9(2)14/h3-4,7,9,13-14H,5-6,12H2,1-2H3. The van der Waals surface area contributed by atoms with Gasteiger partial charge in [-0.1, -0.05) is 0 Å². The molecule has 1 atom stereocenters. The van der Waals surface area contributed by atoms with Gasteiger partial charge < -0.3 is 16.2 Å². The molecule has 3 nitrogen and oxygen atoms in total. The molecular formula is C11H18N2OS. The van der Waals surface area contributed by atoms with E-state index < -0.39 is 0 Å². The number of aryl methyl sites for hydroxylation is 1. The zero-order valence-corrected chi connectivity index (χ0v) is 9.97. The Kier molecular flexibility index (Phi) is 4.78. The maximum atomic E-state index is 9.06. The molecule has 0 fully saturated rings. The fourth-order valence-corrected chi connectivity index (χ4v) is 1.86. The molecule has 84 valence electrons. The van der Waals surface area contributed by atoms with Crippen molar-refractivity contribution in [3.05, 3.63) is 23.8 Å². The van der Waals surface area contributed by atoms with E-state index in [0.29, 0.717) is 0 Å². The summed E-state index contributed by atoms with van der Waals surface area (Å²) in [5.41, 5.74) is 8.41. The van der Waals surface area contributed by atoms with Gasteiger partial charge in [-0.3, -0.25) is 0 Å². The van der Waals surface area contributed by atoms with E-state index in [1.54, 1.807) is 6.92 Å². The average Bonchev–Trinajstić information content (AvgIpc) is 2.14. The third-order valence-electron chi connectivity index (χ3n) is 2.03. The molecule has 1 aromatic carbocycles. The molecule has 0 amide bonds. The Labute approximate surface area is 95.1 Å². The number of rotatable bonds is 5. The van der Waals surface area contributed by atoms with Crippen LogP contribution in [-0.4, -0.2) is 22.8 Å². The van der Waals surface area contributed by atoms with Crippen molar-refractivity contribution in [2.24, 2.45) is 0 Å². The molecule has 4 N–H and O–H groups in total. The second kappa shape index (κ2) is 5.88. The van der Waals surface area contributed by atoms with E-state index in [-0.39, 0.29) is 5.44 Å². The quantitative estimate of drug-likeness (QED) is 0.408. The Hall–Kier alpha value is -0.870. The van der Waals surface area contributed by atoms with Crippen LogP contribution in [-0.2, 0) is 0 Å². The zero-order valence-electron chi connectivity index (χ0n) is 9.16. The van der Waals surface area contributed by atoms with E-state index in [1.807, 2.05) is 25.1 Å². The van der Waals surface area contributed by atoms with E-state index in [9.17, 15) is 0 Å². The fraction of sp³-hybridized carbons (Fsp3) is 0.455. The summed E-state index contributed by atoms with van der Waals surface area (Å²) in [6, 6.07) is 5.82. The smallest absolute Gasteiger partial charge is 0.0965 e. The van der Waals surface area contributed by atoms with Crippen molar-refractivity contribution in [2.45, 2.75) is 19.3 Å². The molecule has 1 unspecified atom stereocenters. The third kappa shape index (κ3) is 4.44. The molecule has 0 saturated carbocycles. The Morgan fingerprint density at radius 3 is 2.87 bits per heavy atom. The van der Waals surface area contributed by atoms with E-state index in [4.69, 9.17) is 10.8 Å². The summed E-state index contributed by atoms with van der Waals surface area (Å²) >= 11 is 1.53. The van der Waals surface area contributed by atoms with Crippen LogP contribution in [0.3, 0.4) is 0 Å². The normalized spacial score (nSPS) is 12.5. The van der Waals surface area contributed by atoms with Crippen LogP contribution in [0.2, 0.25) is 0 Å². The maximum Gasteiger partial charge on any atom is 0.0965 e. The van der Waals surface area contributed by atoms with E-state index in [2.05, 4.69) is 5.32 Å². The van der Waals surface area contributed by atoms with Crippen LogP contribution in [0.25, 0.3) is 0 Å². The summed E-state index contributed by atoms with van der Waals surface area (Å²) in [7, 11) is 0. The molecule has 0 aromatic heterocycles. The summed E-state index contributed by atoms with van der Waals surface area (Å²) in [5.74, 6) is 0.890. The minimum absolute atomic E-state index is 0.292. The van der Waals surface area contributed by atoms with Crippen molar-refractivity contribution < 1.29 is 5.11 Å². The first kappa shape index (κ1) is 12.2. The molecule has 1 aromatic rings. The van der Waals surface area contributed by atoms with E-state index in [1.165, 1.54) is 11.8 Å². The van der Waals surface area contributed by atoms with Gasteiger partial charge in [-0.15, -0.1) is 11.8 Å². The third-order valence-corrected chi connectivity index (χ3v) is 2.95. The van der Waals surface area contributed by atoms with Crippen molar-refractivity contribution >= 4 is 23.1 Å². The number of hydrogen-bond donors (Lipinski definition) is 3. The SMILES string of the molecule is Cc1cc(N)ccc1NCCSC(C)O. The fourth-order valence-electron chi connectivity index (χ4n) is 1.30. The number of thioether (sulfide) groups is 1. The van der Waals surface area contributed by atoms with Crippen molar-refractivity contribution in [1.29, 1.82) is 0 Å². The van der Waals surface area contributed by atoms with Gasteiger partial charge in [0.2, 0.25) is 0 Å². The summed E-state index contributed by atoms with van der Waals surface area (Å²) in [5, 5.41) is 12.4. The van der Waals surface area contributed by atoms with E-state index in [0.717, 1.165) is 29.2 Å². The van der Waals surface area contributed by atoms with Gasteiger partial charge in [0.05, 0.1) is 5.44 Å². The average molecular weight is 226 g/mol. The van der Waals surface area contributed by atoms with Crippen molar-refractivity contribution in [3.63, 3.8) is 0 Å². The molecule has 0 aliphatic rings. The molecule has 1 rings (SSSR count). The van der Waals surface area contributed by atoms with Gasteiger partial charge in [-0.2, -0.15) is 0 Å². The lowest BCUT2D eigenvalue weighted by molar-refractivity contribution is 0.284. The summed E-state index contributed by atoms with van der Waals surface area (Å²) < 4.78 is 0. The number of anilines is 2. The van der Waals surface area contributed by atoms with Gasteiger partial charge in [-0.25, -0.2) is 0 Å². The first-order chi connectivity index (χ1) is 7.09. The second-order valence-electron chi connectivity index (χ2n) is 3.47. The number of aliphatic hydroxyl groups excluding tert-OH is 1. The van der Waals surface area contributed by atoms with E-state index >= 15 is 0 Å². The van der Waals surface area contributed by atoms with Gasteiger partial charge in [0.15, 0.2) is 0 Å². The van der Waals surface area contributed by atoms with Crippen LogP contribution in [0.15, 0.2) is 18.2 Å². The highest BCUT2D eigenvalue weighted by molar-refractivity contribution is 7.99. The van der Waals surface area contributed by atoms with Crippen LogP contribution in [0.1, 0.15) is 12.5 Å².